The Kier molecular flexibility index (Phi) is 6.51. The van der Waals surface area contributed by atoms with Crippen molar-refractivity contribution in [3.8, 4) is 0 Å². The Balaban J connectivity index is 0.00000169. The van der Waals surface area contributed by atoms with Gasteiger partial charge < -0.3 is 15.2 Å². The molecule has 0 aromatic heterocycles. The lowest BCUT2D eigenvalue weighted by Gasteiger charge is -2.57. The Labute approximate surface area is 153 Å². The number of hydrogen-bond donors (Lipinski definition) is 2. The minimum absolute atomic E-state index is 0. The van der Waals surface area contributed by atoms with Crippen LogP contribution in [0.3, 0.4) is 0 Å². The average Bonchev–Trinajstić information content (AvgIpc) is 3.02. The fourth-order valence-corrected chi connectivity index (χ4v) is 6.60. The van der Waals surface area contributed by atoms with Gasteiger partial charge in [0, 0.05) is 19.2 Å². The van der Waals surface area contributed by atoms with Crippen LogP contribution in [0.25, 0.3) is 0 Å². The van der Waals surface area contributed by atoms with E-state index in [1.807, 2.05) is 0 Å². The monoisotopic (exact) mass is 357 g/mol. The summed E-state index contributed by atoms with van der Waals surface area (Å²) in [4.78, 5) is 0. The zero-order valence-electron chi connectivity index (χ0n) is 15.0. The van der Waals surface area contributed by atoms with Crippen molar-refractivity contribution in [1.29, 1.82) is 0 Å². The third-order valence-corrected chi connectivity index (χ3v) is 7.25. The second-order valence-electron chi connectivity index (χ2n) is 9.29. The number of halogens is 1. The van der Waals surface area contributed by atoms with E-state index in [0.717, 1.165) is 24.4 Å². The van der Waals surface area contributed by atoms with Gasteiger partial charge in [0.2, 0.25) is 0 Å². The quantitative estimate of drug-likeness (QED) is 0.647. The predicted molar refractivity (Wildman–Crippen MR) is 99.6 cm³/mol. The minimum atomic E-state index is -0.341. The highest BCUT2D eigenvalue weighted by Crippen LogP contribution is 2.61. The Hall–Kier alpha value is 0.170. The lowest BCUT2D eigenvalue weighted by Crippen LogP contribution is -2.46. The standard InChI is InChI=1S/C20H35NO2.ClH/c22-19(13-21-18-3-1-2-4-18)14-23-6-5-20-10-15-7-16(11-20)9-17(8-15)12-20;/h15-19,21-22H,1-14H2;1H. The maximum atomic E-state index is 10.1. The minimum Gasteiger partial charge on any atom is -0.389 e. The summed E-state index contributed by atoms with van der Waals surface area (Å²) in [7, 11) is 0. The zero-order valence-corrected chi connectivity index (χ0v) is 15.9. The molecule has 1 atom stereocenters. The van der Waals surface area contributed by atoms with Crippen LogP contribution in [0.15, 0.2) is 0 Å². The molecule has 24 heavy (non-hydrogen) atoms. The number of ether oxygens (including phenoxy) is 1. The first-order valence-corrected chi connectivity index (χ1v) is 10.2. The molecule has 0 heterocycles. The molecule has 0 aliphatic heterocycles. The van der Waals surface area contributed by atoms with Gasteiger partial charge in [-0.15, -0.1) is 12.4 Å². The van der Waals surface area contributed by atoms with Crippen molar-refractivity contribution in [3.63, 3.8) is 0 Å². The van der Waals surface area contributed by atoms with E-state index in [0.29, 0.717) is 24.6 Å². The number of nitrogens with one attached hydrogen (secondary N) is 1. The molecule has 4 bridgehead atoms. The van der Waals surface area contributed by atoms with Gasteiger partial charge in [0.05, 0.1) is 12.7 Å². The summed E-state index contributed by atoms with van der Waals surface area (Å²) < 4.78 is 5.86. The van der Waals surface area contributed by atoms with Crippen LogP contribution in [0.4, 0.5) is 0 Å². The summed E-state index contributed by atoms with van der Waals surface area (Å²) in [6.45, 7) is 2.06. The molecule has 3 nitrogen and oxygen atoms in total. The molecule has 0 amide bonds. The summed E-state index contributed by atoms with van der Waals surface area (Å²) in [5.41, 5.74) is 0.613. The molecule has 0 aromatic rings. The Morgan fingerprint density at radius 1 is 1.00 bits per heavy atom. The van der Waals surface area contributed by atoms with Gasteiger partial charge in [-0.25, -0.2) is 0 Å². The third kappa shape index (κ3) is 4.47. The van der Waals surface area contributed by atoms with Gasteiger partial charge in [0.1, 0.15) is 0 Å². The average molecular weight is 358 g/mol. The molecule has 4 heteroatoms. The summed E-state index contributed by atoms with van der Waals surface area (Å²) in [6.07, 6.45) is 15.1. The van der Waals surface area contributed by atoms with Crippen molar-refractivity contribution in [2.75, 3.05) is 19.8 Å². The molecule has 5 aliphatic rings. The molecule has 5 saturated carbocycles. The summed E-state index contributed by atoms with van der Waals surface area (Å²) in [5.74, 6) is 3.09. The maximum Gasteiger partial charge on any atom is 0.0897 e. The fourth-order valence-electron chi connectivity index (χ4n) is 6.60. The first-order chi connectivity index (χ1) is 11.2. The smallest absolute Gasteiger partial charge is 0.0897 e. The Morgan fingerprint density at radius 3 is 2.17 bits per heavy atom. The van der Waals surface area contributed by atoms with E-state index < -0.39 is 0 Å². The highest BCUT2D eigenvalue weighted by Gasteiger charge is 2.50. The van der Waals surface area contributed by atoms with Crippen molar-refractivity contribution < 1.29 is 9.84 Å². The van der Waals surface area contributed by atoms with Gasteiger partial charge in [-0.3, -0.25) is 0 Å². The molecule has 2 N–H and O–H groups in total. The van der Waals surface area contributed by atoms with Gasteiger partial charge in [0.25, 0.3) is 0 Å². The van der Waals surface area contributed by atoms with Crippen LogP contribution >= 0.6 is 12.4 Å². The van der Waals surface area contributed by atoms with E-state index >= 15 is 0 Å². The van der Waals surface area contributed by atoms with E-state index in [9.17, 15) is 5.11 Å². The SMILES string of the molecule is Cl.OC(CNC1CCCC1)COCCC12CC3CC(CC(C3)C1)C2. The molecule has 5 rings (SSSR count). The second kappa shape index (κ2) is 8.24. The van der Waals surface area contributed by atoms with E-state index in [4.69, 9.17) is 4.74 Å². The summed E-state index contributed by atoms with van der Waals surface area (Å²) in [6, 6.07) is 0.636. The molecular formula is C20H36ClNO2. The van der Waals surface area contributed by atoms with Crippen molar-refractivity contribution in [3.05, 3.63) is 0 Å². The fraction of sp³-hybridized carbons (Fsp3) is 1.00. The predicted octanol–water partition coefficient (Wildman–Crippen LogP) is 3.92. The summed E-state index contributed by atoms with van der Waals surface area (Å²) in [5, 5.41) is 13.6. The van der Waals surface area contributed by atoms with Gasteiger partial charge >= 0.3 is 0 Å². The number of aliphatic hydroxyl groups is 1. The molecule has 0 radical (unpaired) electrons. The highest BCUT2D eigenvalue weighted by atomic mass is 35.5. The second-order valence-corrected chi connectivity index (χ2v) is 9.29. The van der Waals surface area contributed by atoms with Crippen molar-refractivity contribution in [1.82, 2.24) is 5.32 Å². The Bertz CT molecular complexity index is 362. The van der Waals surface area contributed by atoms with Crippen LogP contribution < -0.4 is 5.32 Å². The van der Waals surface area contributed by atoms with E-state index in [1.165, 1.54) is 70.6 Å². The lowest BCUT2D eigenvalue weighted by atomic mass is 9.49. The zero-order chi connectivity index (χ0) is 15.7. The first kappa shape index (κ1) is 18.9. The van der Waals surface area contributed by atoms with Crippen LogP contribution in [0.1, 0.15) is 70.6 Å². The van der Waals surface area contributed by atoms with E-state index in [2.05, 4.69) is 5.32 Å². The molecule has 0 spiro atoms. The molecule has 1 unspecified atom stereocenters. The van der Waals surface area contributed by atoms with Crippen LogP contribution in [0, 0.1) is 23.2 Å². The highest BCUT2D eigenvalue weighted by molar-refractivity contribution is 5.85. The molecule has 140 valence electrons. The van der Waals surface area contributed by atoms with Crippen LogP contribution in [0.2, 0.25) is 0 Å². The van der Waals surface area contributed by atoms with E-state index in [-0.39, 0.29) is 18.5 Å². The molecule has 5 fully saturated rings. The van der Waals surface area contributed by atoms with Crippen molar-refractivity contribution >= 4 is 12.4 Å². The van der Waals surface area contributed by atoms with Gasteiger partial charge in [-0.05, 0) is 81.0 Å². The van der Waals surface area contributed by atoms with Crippen LogP contribution in [-0.2, 0) is 4.74 Å². The first-order valence-electron chi connectivity index (χ1n) is 10.2. The number of hydrogen-bond acceptors (Lipinski definition) is 3. The number of aliphatic hydroxyl groups excluding tert-OH is 1. The van der Waals surface area contributed by atoms with Crippen LogP contribution in [0.5, 0.6) is 0 Å². The number of rotatable bonds is 8. The normalized spacial score (nSPS) is 39.1. The van der Waals surface area contributed by atoms with Crippen LogP contribution in [-0.4, -0.2) is 37.0 Å². The molecule has 5 aliphatic carbocycles. The van der Waals surface area contributed by atoms with Crippen molar-refractivity contribution in [2.45, 2.75) is 82.8 Å². The molecular weight excluding hydrogens is 322 g/mol. The van der Waals surface area contributed by atoms with Gasteiger partial charge in [-0.2, -0.15) is 0 Å². The largest absolute Gasteiger partial charge is 0.389 e. The Morgan fingerprint density at radius 2 is 1.58 bits per heavy atom. The maximum absolute atomic E-state index is 10.1. The molecule has 0 aromatic carbocycles. The van der Waals surface area contributed by atoms with E-state index in [1.54, 1.807) is 0 Å². The lowest BCUT2D eigenvalue weighted by molar-refractivity contribution is -0.0730. The topological polar surface area (TPSA) is 41.5 Å². The van der Waals surface area contributed by atoms with Crippen molar-refractivity contribution in [2.24, 2.45) is 23.2 Å². The van der Waals surface area contributed by atoms with Gasteiger partial charge in [0.15, 0.2) is 0 Å². The molecule has 0 saturated heterocycles. The third-order valence-electron chi connectivity index (χ3n) is 7.25. The summed E-state index contributed by atoms with van der Waals surface area (Å²) >= 11 is 0. The van der Waals surface area contributed by atoms with Gasteiger partial charge in [-0.1, -0.05) is 12.8 Å².